The highest BCUT2D eigenvalue weighted by Gasteiger charge is 2.25. The van der Waals surface area contributed by atoms with Crippen molar-refractivity contribution in [2.75, 3.05) is 12.8 Å². The third-order valence-corrected chi connectivity index (χ3v) is 6.34. The molecule has 0 bridgehead atoms. The molecular weight excluding hydrogens is 445 g/mol. The van der Waals surface area contributed by atoms with Crippen LogP contribution in [0.5, 0.6) is 0 Å². The first-order valence-corrected chi connectivity index (χ1v) is 11.2. The molecule has 0 unspecified atom stereocenters. The molecule has 0 spiro atoms. The molecule has 1 heterocycles. The minimum Gasteiger partial charge on any atom is -0.506 e. The molecule has 0 amide bonds. The largest absolute Gasteiger partial charge is 0.506 e. The van der Waals surface area contributed by atoms with Crippen LogP contribution in [0.25, 0.3) is 22.2 Å². The third kappa shape index (κ3) is 4.30. The number of nitrogen functional groups attached to an aromatic ring is 2. The normalized spacial score (nSPS) is 13.4. The van der Waals surface area contributed by atoms with Gasteiger partial charge in [0.25, 0.3) is 0 Å². The van der Waals surface area contributed by atoms with E-state index < -0.39 is 5.82 Å². The molecule has 0 atom stereocenters. The molecule has 0 saturated carbocycles. The number of amidine groups is 1. The zero-order valence-electron chi connectivity index (χ0n) is 19.5. The molecule has 0 radical (unpaired) electrons. The number of aliphatic hydroxyl groups is 1. The number of rotatable bonds is 8. The Morgan fingerprint density at radius 3 is 2.63 bits per heavy atom. The van der Waals surface area contributed by atoms with E-state index in [1.807, 2.05) is 6.07 Å². The number of nitrogens with two attached hydrogens (primary N) is 2. The fourth-order valence-corrected chi connectivity index (χ4v) is 4.77. The topological polar surface area (TPSA) is 130 Å². The van der Waals surface area contributed by atoms with Crippen molar-refractivity contribution in [3.05, 3.63) is 88.5 Å². The van der Waals surface area contributed by atoms with E-state index in [1.54, 1.807) is 30.0 Å². The molecule has 1 aromatic heterocycles. The second-order valence-corrected chi connectivity index (χ2v) is 8.58. The van der Waals surface area contributed by atoms with Crippen LogP contribution < -0.4 is 16.8 Å². The van der Waals surface area contributed by atoms with Crippen LogP contribution in [0.4, 0.5) is 10.1 Å². The lowest BCUT2D eigenvalue weighted by molar-refractivity contribution is -0.103. The molecule has 2 aromatic carbocycles. The summed E-state index contributed by atoms with van der Waals surface area (Å²) in [4.78, 5) is 12.2. The molecule has 0 aliphatic heterocycles. The van der Waals surface area contributed by atoms with E-state index >= 15 is 4.39 Å². The first-order valence-electron chi connectivity index (χ1n) is 11.2. The summed E-state index contributed by atoms with van der Waals surface area (Å²) in [5.41, 5.74) is 16.5. The first-order chi connectivity index (χ1) is 16.8. The Labute approximate surface area is 202 Å². The number of benzene rings is 2. The lowest BCUT2D eigenvalue weighted by atomic mass is 9.99. The summed E-state index contributed by atoms with van der Waals surface area (Å²) >= 11 is 0. The van der Waals surface area contributed by atoms with Gasteiger partial charge in [0.2, 0.25) is 0 Å². The molecule has 180 valence electrons. The molecule has 1 aliphatic rings. The third-order valence-electron chi connectivity index (χ3n) is 6.34. The van der Waals surface area contributed by atoms with Gasteiger partial charge in [0, 0.05) is 45.9 Å². The van der Waals surface area contributed by atoms with Crippen molar-refractivity contribution in [2.45, 2.75) is 25.8 Å². The maximum Gasteiger partial charge on any atom is 0.150 e. The summed E-state index contributed by atoms with van der Waals surface area (Å²) < 4.78 is 16.8. The monoisotopic (exact) mass is 473 g/mol. The minimum atomic E-state index is -0.577. The van der Waals surface area contributed by atoms with E-state index in [9.17, 15) is 9.90 Å². The van der Waals surface area contributed by atoms with Crippen LogP contribution in [0.1, 0.15) is 39.9 Å². The standard InChI is InChI=1S/C27H28FN5O2/c1-15(35)26-25(18(14-34)7-4-8-32-2)21-9-16-5-3-6-17(16)11-24(21)33(26)13-19-10-23(29)20(27(30)31)12-22(19)28/h4,7-12,14,32,35H,1,3,5-6,13,29H2,2H3,(H3,30,31)/b8-4-,18-7+. The number of allylic oxidation sites excluding steroid dienone is 3. The smallest absolute Gasteiger partial charge is 0.150 e. The van der Waals surface area contributed by atoms with Gasteiger partial charge in [-0.3, -0.25) is 10.2 Å². The average Bonchev–Trinajstić information content (AvgIpc) is 3.39. The SMILES string of the molecule is C=C(O)c1c(/C(C=O)=C/C=C\NC)c2cc3c(cc2n1Cc1cc(N)c(C(=N)N)cc1F)CCC3. The number of anilines is 1. The van der Waals surface area contributed by atoms with Gasteiger partial charge in [-0.05, 0) is 73.0 Å². The van der Waals surface area contributed by atoms with Gasteiger partial charge < -0.3 is 26.5 Å². The van der Waals surface area contributed by atoms with E-state index in [0.717, 1.165) is 42.5 Å². The van der Waals surface area contributed by atoms with Crippen LogP contribution in [0.2, 0.25) is 0 Å². The van der Waals surface area contributed by atoms with Gasteiger partial charge in [0.05, 0.1) is 12.2 Å². The highest BCUT2D eigenvalue weighted by molar-refractivity contribution is 6.15. The molecule has 0 saturated heterocycles. The summed E-state index contributed by atoms with van der Waals surface area (Å²) in [6, 6.07) is 6.69. The van der Waals surface area contributed by atoms with E-state index in [1.165, 1.54) is 17.2 Å². The quantitative estimate of drug-likeness (QED) is 0.0641. The number of aliphatic hydroxyl groups excluding tert-OH is 1. The molecule has 0 fully saturated rings. The summed E-state index contributed by atoms with van der Waals surface area (Å²) in [5, 5.41) is 21.9. The first kappa shape index (κ1) is 23.8. The van der Waals surface area contributed by atoms with Crippen LogP contribution in [0, 0.1) is 11.2 Å². The molecule has 1 aliphatic carbocycles. The van der Waals surface area contributed by atoms with Crippen molar-refractivity contribution < 1.29 is 14.3 Å². The Bertz CT molecular complexity index is 1430. The zero-order valence-corrected chi connectivity index (χ0v) is 19.5. The van der Waals surface area contributed by atoms with Crippen LogP contribution >= 0.6 is 0 Å². The van der Waals surface area contributed by atoms with Crippen molar-refractivity contribution in [1.29, 1.82) is 5.41 Å². The Morgan fingerprint density at radius 1 is 1.29 bits per heavy atom. The van der Waals surface area contributed by atoms with Crippen molar-refractivity contribution >= 4 is 40.0 Å². The maximum atomic E-state index is 15.1. The number of nitrogens with one attached hydrogen (secondary N) is 2. The number of aldehydes is 1. The Morgan fingerprint density at radius 2 is 2.00 bits per heavy atom. The molecule has 7 nitrogen and oxygen atoms in total. The second-order valence-electron chi connectivity index (χ2n) is 8.58. The van der Waals surface area contributed by atoms with Crippen molar-refractivity contribution in [3.63, 3.8) is 0 Å². The molecule has 4 rings (SSSR count). The van der Waals surface area contributed by atoms with Gasteiger partial charge in [0.15, 0.2) is 6.29 Å². The number of halogens is 1. The van der Waals surface area contributed by atoms with Gasteiger partial charge in [-0.15, -0.1) is 0 Å². The fraction of sp³-hybridized carbons (Fsp3) is 0.185. The van der Waals surface area contributed by atoms with Gasteiger partial charge in [0.1, 0.15) is 17.4 Å². The number of nitrogens with zero attached hydrogens (tertiary/aromatic N) is 1. The van der Waals surface area contributed by atoms with Gasteiger partial charge in [-0.25, -0.2) is 4.39 Å². The van der Waals surface area contributed by atoms with Crippen molar-refractivity contribution in [3.8, 4) is 0 Å². The lowest BCUT2D eigenvalue weighted by Gasteiger charge is -2.14. The molecule has 3 aromatic rings. The van der Waals surface area contributed by atoms with E-state index in [0.29, 0.717) is 16.8 Å². The fourth-order valence-electron chi connectivity index (χ4n) is 4.77. The lowest BCUT2D eigenvalue weighted by Crippen LogP contribution is -2.15. The van der Waals surface area contributed by atoms with E-state index in [2.05, 4.69) is 18.0 Å². The second kappa shape index (κ2) is 9.50. The van der Waals surface area contributed by atoms with Gasteiger partial charge in [-0.1, -0.05) is 6.58 Å². The number of aryl methyl sites for hydroxylation is 2. The van der Waals surface area contributed by atoms with Crippen LogP contribution in [-0.4, -0.2) is 28.8 Å². The number of hydrogen-bond donors (Lipinski definition) is 5. The van der Waals surface area contributed by atoms with Gasteiger partial charge in [-0.2, -0.15) is 0 Å². The maximum absolute atomic E-state index is 15.1. The highest BCUT2D eigenvalue weighted by atomic mass is 19.1. The average molecular weight is 474 g/mol. The minimum absolute atomic E-state index is 0.0247. The molecule has 7 N–H and O–H groups in total. The number of hydrogen-bond acceptors (Lipinski definition) is 5. The van der Waals surface area contributed by atoms with Crippen molar-refractivity contribution in [1.82, 2.24) is 9.88 Å². The van der Waals surface area contributed by atoms with E-state index in [-0.39, 0.29) is 35.0 Å². The molecule has 35 heavy (non-hydrogen) atoms. The summed E-state index contributed by atoms with van der Waals surface area (Å²) in [6.45, 7) is 3.78. The van der Waals surface area contributed by atoms with Gasteiger partial charge >= 0.3 is 0 Å². The number of fused-ring (bicyclic) bond motifs is 2. The summed E-state index contributed by atoms with van der Waals surface area (Å²) in [5.74, 6) is -1.14. The number of carbonyl (C=O) groups excluding carboxylic acids is 1. The Balaban J connectivity index is 2.01. The van der Waals surface area contributed by atoms with Crippen molar-refractivity contribution in [2.24, 2.45) is 5.73 Å². The van der Waals surface area contributed by atoms with E-state index in [4.69, 9.17) is 16.9 Å². The summed E-state index contributed by atoms with van der Waals surface area (Å²) in [7, 11) is 1.75. The highest BCUT2D eigenvalue weighted by Crippen LogP contribution is 2.38. The molecular formula is C27H28FN5O2. The molecule has 8 heteroatoms. The predicted molar refractivity (Wildman–Crippen MR) is 139 cm³/mol. The predicted octanol–water partition coefficient (Wildman–Crippen LogP) is 4.03. The van der Waals surface area contributed by atoms with Crippen LogP contribution in [0.3, 0.4) is 0 Å². The van der Waals surface area contributed by atoms with Crippen LogP contribution in [-0.2, 0) is 24.2 Å². The Hall–Kier alpha value is -4.33. The number of aromatic nitrogens is 1. The number of carbonyl (C=O) groups is 1. The summed E-state index contributed by atoms with van der Waals surface area (Å²) in [6.07, 6.45) is 8.67. The zero-order chi connectivity index (χ0) is 25.3. The van der Waals surface area contributed by atoms with Crippen LogP contribution in [0.15, 0.2) is 49.2 Å². The Kier molecular flexibility index (Phi) is 6.46.